The van der Waals surface area contributed by atoms with Crippen molar-refractivity contribution in [2.24, 2.45) is 5.92 Å². The largest absolute Gasteiger partial charge is 0.349 e. The van der Waals surface area contributed by atoms with Gasteiger partial charge >= 0.3 is 5.69 Å². The van der Waals surface area contributed by atoms with Crippen LogP contribution in [0.2, 0.25) is 5.02 Å². The number of carbonyl (C=O) groups excluding carboxylic acids is 2. The minimum absolute atomic E-state index is 0.0556. The van der Waals surface area contributed by atoms with Gasteiger partial charge in [-0.25, -0.2) is 23.1 Å². The van der Waals surface area contributed by atoms with E-state index in [-0.39, 0.29) is 34.0 Å². The Kier molecular flexibility index (Phi) is 7.56. The second kappa shape index (κ2) is 11.1. The molecule has 0 radical (unpaired) electrons. The van der Waals surface area contributed by atoms with Crippen LogP contribution in [0.25, 0.3) is 16.9 Å². The molecule has 0 atom stereocenters. The van der Waals surface area contributed by atoms with Crippen molar-refractivity contribution in [1.29, 1.82) is 0 Å². The lowest BCUT2D eigenvalue weighted by Gasteiger charge is -2.29. The zero-order valence-electron chi connectivity index (χ0n) is 21.1. The fourth-order valence-corrected chi connectivity index (χ4v) is 5.31. The van der Waals surface area contributed by atoms with Crippen LogP contribution in [0, 0.1) is 5.92 Å². The molecular formula is C28H26ClF2N5O3. The highest BCUT2D eigenvalue weighted by molar-refractivity contribution is 6.30. The molecule has 1 aromatic carbocycles. The van der Waals surface area contributed by atoms with E-state index in [1.54, 1.807) is 45.7 Å². The Balaban J connectivity index is 1.30. The van der Waals surface area contributed by atoms with Gasteiger partial charge in [0.1, 0.15) is 5.69 Å². The third-order valence-electron chi connectivity index (χ3n) is 7.18. The molecule has 0 saturated heterocycles. The Bertz CT molecular complexity index is 1590. The minimum atomic E-state index is -2.89. The highest BCUT2D eigenvalue weighted by Gasteiger charge is 2.27. The van der Waals surface area contributed by atoms with Gasteiger partial charge in [-0.2, -0.15) is 0 Å². The SMILES string of the molecule is CC(=O)c1ccc(-n2c(=O)n(C[C@H]3CC[C@H](NC(=O)c4cc(Cl)cnc4C(F)F)CC3)c3cccnc32)cc1. The van der Waals surface area contributed by atoms with Crippen LogP contribution in [0.5, 0.6) is 0 Å². The van der Waals surface area contributed by atoms with Crippen molar-refractivity contribution in [2.45, 2.75) is 51.6 Å². The van der Waals surface area contributed by atoms with Crippen molar-refractivity contribution < 1.29 is 18.4 Å². The monoisotopic (exact) mass is 553 g/mol. The number of hydrogen-bond acceptors (Lipinski definition) is 5. The maximum atomic E-state index is 13.5. The van der Waals surface area contributed by atoms with Crippen molar-refractivity contribution in [2.75, 3.05) is 0 Å². The molecule has 1 aliphatic rings. The van der Waals surface area contributed by atoms with Crippen molar-refractivity contribution in [3.05, 3.63) is 87.2 Å². The lowest BCUT2D eigenvalue weighted by Crippen LogP contribution is -2.39. The van der Waals surface area contributed by atoms with Gasteiger partial charge in [0.15, 0.2) is 11.4 Å². The summed E-state index contributed by atoms with van der Waals surface area (Å²) in [6.07, 6.45) is 2.62. The van der Waals surface area contributed by atoms with Gasteiger partial charge in [0.25, 0.3) is 12.3 Å². The van der Waals surface area contributed by atoms with Crippen LogP contribution in [0.15, 0.2) is 59.7 Å². The molecule has 3 heterocycles. The number of nitrogens with one attached hydrogen (secondary N) is 1. The summed E-state index contributed by atoms with van der Waals surface area (Å²) in [7, 11) is 0. The van der Waals surface area contributed by atoms with Crippen LogP contribution in [0.3, 0.4) is 0 Å². The first-order valence-corrected chi connectivity index (χ1v) is 13.0. The average molecular weight is 554 g/mol. The summed E-state index contributed by atoms with van der Waals surface area (Å²) >= 11 is 5.88. The summed E-state index contributed by atoms with van der Waals surface area (Å²) in [4.78, 5) is 46.0. The second-order valence-electron chi connectivity index (χ2n) is 9.76. The number of benzene rings is 1. The number of nitrogens with zero attached hydrogens (tertiary/aromatic N) is 4. The lowest BCUT2D eigenvalue weighted by atomic mass is 9.85. The number of amides is 1. The fraction of sp³-hybridized carbons (Fsp3) is 0.321. The molecular weight excluding hydrogens is 528 g/mol. The average Bonchev–Trinajstić information content (AvgIpc) is 3.20. The van der Waals surface area contributed by atoms with E-state index in [0.29, 0.717) is 41.8 Å². The smallest absolute Gasteiger partial charge is 0.334 e. The van der Waals surface area contributed by atoms with Gasteiger partial charge in [-0.1, -0.05) is 11.6 Å². The molecule has 1 N–H and O–H groups in total. The number of halogens is 3. The summed E-state index contributed by atoms with van der Waals surface area (Å²) in [6.45, 7) is 1.97. The first-order valence-electron chi connectivity index (χ1n) is 12.6. The highest BCUT2D eigenvalue weighted by Crippen LogP contribution is 2.28. The molecule has 0 aliphatic heterocycles. The highest BCUT2D eigenvalue weighted by atomic mass is 35.5. The van der Waals surface area contributed by atoms with Crippen LogP contribution in [-0.2, 0) is 6.54 Å². The number of aromatic nitrogens is 4. The summed E-state index contributed by atoms with van der Waals surface area (Å²) in [5, 5.41) is 2.96. The predicted octanol–water partition coefficient (Wildman–Crippen LogP) is 5.36. The number of pyridine rings is 2. The number of ketones is 1. The van der Waals surface area contributed by atoms with Gasteiger partial charge in [0.05, 0.1) is 21.8 Å². The van der Waals surface area contributed by atoms with Crippen LogP contribution in [0.1, 0.15) is 65.4 Å². The molecule has 8 nitrogen and oxygen atoms in total. The predicted molar refractivity (Wildman–Crippen MR) is 143 cm³/mol. The molecule has 0 bridgehead atoms. The second-order valence-corrected chi connectivity index (χ2v) is 10.2. The number of fused-ring (bicyclic) bond motifs is 1. The molecule has 1 saturated carbocycles. The van der Waals surface area contributed by atoms with Crippen LogP contribution in [-0.4, -0.2) is 36.8 Å². The molecule has 11 heteroatoms. The molecule has 0 spiro atoms. The molecule has 5 rings (SSSR count). The number of hydrogen-bond donors (Lipinski definition) is 1. The van der Waals surface area contributed by atoms with E-state index in [1.165, 1.54) is 13.0 Å². The quantitative estimate of drug-likeness (QED) is 0.310. The number of rotatable bonds is 7. The van der Waals surface area contributed by atoms with Gasteiger partial charge in [-0.3, -0.25) is 19.1 Å². The summed E-state index contributed by atoms with van der Waals surface area (Å²) in [5.41, 5.74) is 1.39. The summed E-state index contributed by atoms with van der Waals surface area (Å²) in [6, 6.07) is 11.5. The topological polar surface area (TPSA) is 98.9 Å². The third-order valence-corrected chi connectivity index (χ3v) is 7.39. The van der Waals surface area contributed by atoms with E-state index in [0.717, 1.165) is 19.0 Å². The van der Waals surface area contributed by atoms with Crippen LogP contribution < -0.4 is 11.0 Å². The van der Waals surface area contributed by atoms with Gasteiger partial charge in [-0.15, -0.1) is 0 Å². The van der Waals surface area contributed by atoms with Gasteiger partial charge in [0.2, 0.25) is 0 Å². The van der Waals surface area contributed by atoms with Gasteiger partial charge in [-0.05, 0) is 81.0 Å². The number of carbonyl (C=O) groups is 2. The van der Waals surface area contributed by atoms with Crippen molar-refractivity contribution in [1.82, 2.24) is 24.4 Å². The zero-order chi connectivity index (χ0) is 27.7. The van der Waals surface area contributed by atoms with E-state index in [9.17, 15) is 23.2 Å². The normalized spacial score (nSPS) is 17.5. The standard InChI is InChI=1S/C28H26ClF2N5O3/c1-16(37)18-6-10-21(11-7-18)36-26-23(3-2-12-32-26)35(28(36)39)15-17-4-8-20(9-5-17)34-27(38)22-13-19(29)14-33-24(22)25(30)31/h2-3,6-7,10-14,17,20,25H,4-5,8-9,15H2,1H3,(H,34,38)/t17-,20-. The van der Waals surface area contributed by atoms with Crippen LogP contribution in [0.4, 0.5) is 8.78 Å². The molecule has 202 valence electrons. The maximum absolute atomic E-state index is 13.5. The molecule has 1 fully saturated rings. The molecule has 4 aromatic rings. The summed E-state index contributed by atoms with van der Waals surface area (Å²) < 4.78 is 29.9. The fourth-order valence-electron chi connectivity index (χ4n) is 5.16. The number of Topliss-reactive ketones (excluding diaryl/α,β-unsaturated/α-hetero) is 1. The summed E-state index contributed by atoms with van der Waals surface area (Å²) in [5.74, 6) is -0.496. The maximum Gasteiger partial charge on any atom is 0.334 e. The van der Waals surface area contributed by atoms with Crippen molar-refractivity contribution in [3.8, 4) is 5.69 Å². The Morgan fingerprint density at radius 1 is 1.10 bits per heavy atom. The molecule has 3 aromatic heterocycles. The minimum Gasteiger partial charge on any atom is -0.349 e. The Labute approximate surface area is 227 Å². The Hall–Kier alpha value is -3.92. The zero-order valence-corrected chi connectivity index (χ0v) is 21.9. The first kappa shape index (κ1) is 26.7. The Morgan fingerprint density at radius 2 is 1.82 bits per heavy atom. The third kappa shape index (κ3) is 5.47. The van der Waals surface area contributed by atoms with Crippen LogP contribution >= 0.6 is 11.6 Å². The van der Waals surface area contributed by atoms with Gasteiger partial charge in [0, 0.05) is 30.5 Å². The van der Waals surface area contributed by atoms with E-state index < -0.39 is 18.0 Å². The van der Waals surface area contributed by atoms with E-state index in [1.807, 2.05) is 6.07 Å². The number of alkyl halides is 2. The van der Waals surface area contributed by atoms with Gasteiger partial charge < -0.3 is 5.32 Å². The van der Waals surface area contributed by atoms with E-state index in [4.69, 9.17) is 11.6 Å². The number of imidazole rings is 1. The van der Waals surface area contributed by atoms with Crippen molar-refractivity contribution >= 4 is 34.5 Å². The molecule has 39 heavy (non-hydrogen) atoms. The Morgan fingerprint density at radius 3 is 2.49 bits per heavy atom. The van der Waals surface area contributed by atoms with E-state index in [2.05, 4.69) is 15.3 Å². The van der Waals surface area contributed by atoms with Crippen molar-refractivity contribution in [3.63, 3.8) is 0 Å². The first-order chi connectivity index (χ1) is 18.7. The van der Waals surface area contributed by atoms with E-state index >= 15 is 0 Å². The molecule has 1 amide bonds. The molecule has 0 unspecified atom stereocenters. The lowest BCUT2D eigenvalue weighted by molar-refractivity contribution is 0.0904. The molecule has 1 aliphatic carbocycles.